The average Bonchev–Trinajstić information content (AvgIpc) is 3.42. The van der Waals surface area contributed by atoms with Crippen LogP contribution in [0.1, 0.15) is 16.1 Å². The van der Waals surface area contributed by atoms with Crippen LogP contribution in [0.2, 0.25) is 0 Å². The van der Waals surface area contributed by atoms with Gasteiger partial charge in [0, 0.05) is 11.3 Å². The molecule has 0 spiro atoms. The molecule has 152 valence electrons. The van der Waals surface area contributed by atoms with Gasteiger partial charge in [-0.05, 0) is 49.4 Å². The molecule has 0 saturated heterocycles. The quantitative estimate of drug-likeness (QED) is 0.404. The largest absolute Gasteiger partial charge is 0.329 e. The van der Waals surface area contributed by atoms with Crippen LogP contribution in [0.3, 0.4) is 0 Å². The molecule has 31 heavy (non-hydrogen) atoms. The number of aromatic nitrogens is 4. The highest BCUT2D eigenvalue weighted by molar-refractivity contribution is 7.22. The summed E-state index contributed by atoms with van der Waals surface area (Å²) in [5, 5.41) is 11.4. The van der Waals surface area contributed by atoms with Gasteiger partial charge in [-0.1, -0.05) is 29.5 Å². The van der Waals surface area contributed by atoms with Gasteiger partial charge in [0.2, 0.25) is 0 Å². The Morgan fingerprint density at radius 3 is 2.74 bits per heavy atom. The summed E-state index contributed by atoms with van der Waals surface area (Å²) < 4.78 is 2.85. The third kappa shape index (κ3) is 4.15. The topological polar surface area (TPSA) is 84.7 Å². The summed E-state index contributed by atoms with van der Waals surface area (Å²) in [6.07, 6.45) is 5.24. The van der Waals surface area contributed by atoms with E-state index in [0.29, 0.717) is 11.3 Å². The number of thiazole rings is 1. The molecule has 0 unspecified atom stereocenters. The summed E-state index contributed by atoms with van der Waals surface area (Å²) in [7, 11) is 0. The highest BCUT2D eigenvalue weighted by Gasteiger charge is 2.10. The van der Waals surface area contributed by atoms with E-state index >= 15 is 0 Å². The lowest BCUT2D eigenvalue weighted by atomic mass is 10.2. The van der Waals surface area contributed by atoms with Gasteiger partial charge in [0.25, 0.3) is 5.91 Å². The molecular formula is C23H18N6OS. The fraction of sp³-hybridized carbons (Fsp3) is 0.0435. The lowest BCUT2D eigenvalue weighted by Crippen LogP contribution is -2.12. The number of pyridine rings is 1. The minimum atomic E-state index is -0.201. The minimum Gasteiger partial charge on any atom is -0.329 e. The number of rotatable bonds is 5. The van der Waals surface area contributed by atoms with Crippen LogP contribution in [0.15, 0.2) is 79.3 Å². The van der Waals surface area contributed by atoms with Crippen LogP contribution in [0, 0.1) is 6.92 Å². The zero-order chi connectivity index (χ0) is 21.2. The van der Waals surface area contributed by atoms with E-state index in [4.69, 9.17) is 0 Å². The summed E-state index contributed by atoms with van der Waals surface area (Å²) in [6.45, 7) is 1.90. The SMILES string of the molecule is Cc1ccc(NC(=O)c2cccc(-n3cc(Nc4nc5ccccc5s4)cn3)c2)cn1. The Morgan fingerprint density at radius 2 is 1.90 bits per heavy atom. The minimum absolute atomic E-state index is 0.201. The van der Waals surface area contributed by atoms with E-state index in [-0.39, 0.29) is 5.91 Å². The van der Waals surface area contributed by atoms with E-state index in [0.717, 1.165) is 32.4 Å². The summed E-state index contributed by atoms with van der Waals surface area (Å²) in [5.41, 5.74) is 4.65. The van der Waals surface area contributed by atoms with E-state index in [1.807, 2.05) is 61.7 Å². The van der Waals surface area contributed by atoms with Crippen LogP contribution in [0.4, 0.5) is 16.5 Å². The van der Waals surface area contributed by atoms with Gasteiger partial charge in [0.1, 0.15) is 0 Å². The lowest BCUT2D eigenvalue weighted by Gasteiger charge is -2.07. The highest BCUT2D eigenvalue weighted by Crippen LogP contribution is 2.28. The van der Waals surface area contributed by atoms with Gasteiger partial charge in [-0.3, -0.25) is 9.78 Å². The smallest absolute Gasteiger partial charge is 0.255 e. The second-order valence-corrected chi connectivity index (χ2v) is 8.01. The van der Waals surface area contributed by atoms with Crippen LogP contribution < -0.4 is 10.6 Å². The average molecular weight is 427 g/mol. The Labute approximate surface area is 182 Å². The molecule has 1 amide bonds. The van der Waals surface area contributed by atoms with Crippen molar-refractivity contribution < 1.29 is 4.79 Å². The maximum atomic E-state index is 12.6. The van der Waals surface area contributed by atoms with Gasteiger partial charge in [-0.25, -0.2) is 9.67 Å². The van der Waals surface area contributed by atoms with Crippen molar-refractivity contribution in [1.82, 2.24) is 19.7 Å². The number of amides is 1. The Kier molecular flexibility index (Phi) is 4.89. The van der Waals surface area contributed by atoms with Crippen LogP contribution in [-0.2, 0) is 0 Å². The molecule has 7 nitrogen and oxygen atoms in total. The van der Waals surface area contributed by atoms with Gasteiger partial charge in [0.05, 0.1) is 45.9 Å². The molecule has 0 bridgehead atoms. The Morgan fingerprint density at radius 1 is 1.00 bits per heavy atom. The monoisotopic (exact) mass is 426 g/mol. The Bertz CT molecular complexity index is 1340. The van der Waals surface area contributed by atoms with Gasteiger partial charge in [-0.2, -0.15) is 5.10 Å². The molecule has 0 fully saturated rings. The molecule has 0 radical (unpaired) electrons. The van der Waals surface area contributed by atoms with Crippen LogP contribution in [-0.4, -0.2) is 25.7 Å². The number of fused-ring (bicyclic) bond motifs is 1. The summed E-state index contributed by atoms with van der Waals surface area (Å²) in [5.74, 6) is -0.201. The second kappa shape index (κ2) is 8.00. The predicted octanol–water partition coefficient (Wildman–Crippen LogP) is 5.18. The van der Waals surface area contributed by atoms with Gasteiger partial charge >= 0.3 is 0 Å². The highest BCUT2D eigenvalue weighted by atomic mass is 32.1. The molecule has 0 atom stereocenters. The number of para-hydroxylation sites is 1. The zero-order valence-corrected chi connectivity index (χ0v) is 17.4. The van der Waals surface area contributed by atoms with E-state index in [9.17, 15) is 4.79 Å². The van der Waals surface area contributed by atoms with Crippen molar-refractivity contribution in [2.45, 2.75) is 6.92 Å². The number of hydrogen-bond acceptors (Lipinski definition) is 6. The number of carbonyl (C=O) groups is 1. The first-order valence-electron chi connectivity index (χ1n) is 9.66. The molecule has 5 rings (SSSR count). The number of carbonyl (C=O) groups excluding carboxylic acids is 1. The molecule has 5 aromatic rings. The number of nitrogens with one attached hydrogen (secondary N) is 2. The molecular weight excluding hydrogens is 408 g/mol. The summed E-state index contributed by atoms with van der Waals surface area (Å²) in [6, 6.07) is 19.0. The van der Waals surface area contributed by atoms with Crippen molar-refractivity contribution in [1.29, 1.82) is 0 Å². The predicted molar refractivity (Wildman–Crippen MR) is 123 cm³/mol. The Hall–Kier alpha value is -4.04. The molecule has 3 aromatic heterocycles. The van der Waals surface area contributed by atoms with Crippen LogP contribution in [0.5, 0.6) is 0 Å². The maximum absolute atomic E-state index is 12.6. The fourth-order valence-corrected chi connectivity index (χ4v) is 4.00. The van der Waals surface area contributed by atoms with Crippen molar-refractivity contribution >= 4 is 44.0 Å². The third-order valence-electron chi connectivity index (χ3n) is 4.67. The van der Waals surface area contributed by atoms with Crippen molar-refractivity contribution in [2.24, 2.45) is 0 Å². The number of anilines is 3. The number of hydrogen-bond donors (Lipinski definition) is 2. The van der Waals surface area contributed by atoms with Crippen molar-refractivity contribution in [3.8, 4) is 5.69 Å². The molecule has 3 heterocycles. The van der Waals surface area contributed by atoms with Gasteiger partial charge in [0.15, 0.2) is 5.13 Å². The fourth-order valence-electron chi connectivity index (χ4n) is 3.11. The molecule has 0 aliphatic carbocycles. The molecule has 2 aromatic carbocycles. The van der Waals surface area contributed by atoms with Crippen molar-refractivity contribution in [2.75, 3.05) is 10.6 Å². The first-order chi connectivity index (χ1) is 15.1. The van der Waals surface area contributed by atoms with Crippen molar-refractivity contribution in [3.05, 3.63) is 90.5 Å². The Balaban J connectivity index is 1.33. The zero-order valence-electron chi connectivity index (χ0n) is 16.6. The first kappa shape index (κ1) is 19.0. The van der Waals surface area contributed by atoms with Crippen molar-refractivity contribution in [3.63, 3.8) is 0 Å². The summed E-state index contributed by atoms with van der Waals surface area (Å²) >= 11 is 1.59. The molecule has 0 aliphatic rings. The first-order valence-corrected chi connectivity index (χ1v) is 10.5. The van der Waals surface area contributed by atoms with Crippen LogP contribution >= 0.6 is 11.3 Å². The normalized spacial score (nSPS) is 10.9. The lowest BCUT2D eigenvalue weighted by molar-refractivity contribution is 0.102. The standard InChI is InChI=1S/C23H18N6OS/c1-15-9-10-17(12-24-15)26-22(30)16-5-4-6-19(11-16)29-14-18(13-25-29)27-23-28-20-7-2-3-8-21(20)31-23/h2-14H,1H3,(H,26,30)(H,27,28). The molecule has 0 saturated carbocycles. The molecule has 8 heteroatoms. The molecule has 0 aliphatic heterocycles. The maximum Gasteiger partial charge on any atom is 0.255 e. The van der Waals surface area contributed by atoms with E-state index in [1.54, 1.807) is 40.5 Å². The van der Waals surface area contributed by atoms with Gasteiger partial charge in [-0.15, -0.1) is 0 Å². The summed E-state index contributed by atoms with van der Waals surface area (Å²) in [4.78, 5) is 21.4. The second-order valence-electron chi connectivity index (χ2n) is 6.98. The van der Waals surface area contributed by atoms with E-state index in [1.165, 1.54) is 0 Å². The number of benzene rings is 2. The van der Waals surface area contributed by atoms with Gasteiger partial charge < -0.3 is 10.6 Å². The van der Waals surface area contributed by atoms with E-state index < -0.39 is 0 Å². The number of nitrogens with zero attached hydrogens (tertiary/aromatic N) is 4. The molecule has 2 N–H and O–H groups in total. The number of aryl methyl sites for hydroxylation is 1. The van der Waals surface area contributed by atoms with Crippen LogP contribution in [0.25, 0.3) is 15.9 Å². The van der Waals surface area contributed by atoms with E-state index in [2.05, 4.69) is 25.7 Å². The third-order valence-corrected chi connectivity index (χ3v) is 5.62.